The van der Waals surface area contributed by atoms with Crippen LogP contribution in [0.5, 0.6) is 0 Å². The molecule has 2 heterocycles. The van der Waals surface area contributed by atoms with E-state index in [-0.39, 0.29) is 44.9 Å². The summed E-state index contributed by atoms with van der Waals surface area (Å²) >= 11 is 0. The van der Waals surface area contributed by atoms with E-state index < -0.39 is 122 Å². The molecule has 0 aliphatic carbocycles. The van der Waals surface area contributed by atoms with E-state index in [9.17, 15) is 38.4 Å². The van der Waals surface area contributed by atoms with E-state index in [1.165, 1.54) is 0 Å². The maximum Gasteiger partial charge on any atom is 0.308 e. The molecule has 0 bridgehead atoms. The van der Waals surface area contributed by atoms with Crippen molar-refractivity contribution in [3.05, 3.63) is 0 Å². The van der Waals surface area contributed by atoms with Gasteiger partial charge in [0, 0.05) is 51.9 Å². The van der Waals surface area contributed by atoms with Crippen LogP contribution in [0.4, 0.5) is 0 Å². The molecule has 0 spiro atoms. The lowest BCUT2D eigenvalue weighted by Crippen LogP contribution is -2.67. The van der Waals surface area contributed by atoms with Crippen molar-refractivity contribution in [2.45, 2.75) is 431 Å². The van der Waals surface area contributed by atoms with E-state index in [0.29, 0.717) is 44.9 Å². The number of carbonyl (C=O) groups is 8. The Morgan fingerprint density at radius 3 is 0.781 bits per heavy atom. The molecule has 19 nitrogen and oxygen atoms in total. The molecule has 2 aliphatic rings. The van der Waals surface area contributed by atoms with Crippen LogP contribution in [0, 0.1) is 0 Å². The maximum atomic E-state index is 14.5. The molecule has 2 aliphatic heterocycles. The Labute approximate surface area is 580 Å². The van der Waals surface area contributed by atoms with Crippen LogP contribution in [0.25, 0.3) is 0 Å². The molecule has 558 valence electrons. The second-order valence-electron chi connectivity index (χ2n) is 27.1. The van der Waals surface area contributed by atoms with Crippen molar-refractivity contribution in [1.29, 1.82) is 0 Å². The summed E-state index contributed by atoms with van der Waals surface area (Å²) in [5.41, 5.74) is 0. The quantitative estimate of drug-likeness (QED) is 0.0312. The van der Waals surface area contributed by atoms with Crippen molar-refractivity contribution in [1.82, 2.24) is 0 Å². The Hall–Kier alpha value is -4.36. The lowest BCUT2D eigenvalue weighted by atomic mass is 9.95. The highest BCUT2D eigenvalue weighted by molar-refractivity contribution is 5.73. The van der Waals surface area contributed by atoms with E-state index in [1.54, 1.807) is 0 Å². The molecular formula is C77H136O19. The fourth-order valence-electron chi connectivity index (χ4n) is 12.3. The zero-order valence-corrected chi connectivity index (χ0v) is 61.6. The SMILES string of the molecule is CCCCCCCCC(=O)OC[C@H]1O[C@@H](O[C@H]2[C@H](OC(C)=O)[C@@H](OC(=O)CCCCCCCC)[C@H](OC(=O)CCCCCCCC)O[C@@H]2COC(=O)CCCCCCCC)[C@H](OC(=O)CCCCCCCC)[C@@H](OC(=O)CCCCCCCC)[C@@H]1OC(=O)CCCCCCCC. The number of hydrogen-bond acceptors (Lipinski definition) is 19. The van der Waals surface area contributed by atoms with Crippen molar-refractivity contribution < 1.29 is 90.5 Å². The van der Waals surface area contributed by atoms with Gasteiger partial charge in [-0.1, -0.05) is 273 Å². The van der Waals surface area contributed by atoms with Gasteiger partial charge in [0.1, 0.15) is 31.5 Å². The summed E-state index contributed by atoms with van der Waals surface area (Å²) in [6, 6.07) is 0. The summed E-state index contributed by atoms with van der Waals surface area (Å²) in [5.74, 6) is -5.37. The first-order chi connectivity index (χ1) is 46.7. The van der Waals surface area contributed by atoms with Crippen LogP contribution in [0.3, 0.4) is 0 Å². The Balaban J connectivity index is 3.03. The summed E-state index contributed by atoms with van der Waals surface area (Å²) in [6.07, 6.45) is 20.8. The molecule has 96 heavy (non-hydrogen) atoms. The Kier molecular flexibility index (Phi) is 53.4. The Morgan fingerprint density at radius 1 is 0.240 bits per heavy atom. The Bertz CT molecular complexity index is 2030. The number of ether oxygens (including phenoxy) is 11. The fourth-order valence-corrected chi connectivity index (χ4v) is 12.3. The van der Waals surface area contributed by atoms with Gasteiger partial charge in [-0.2, -0.15) is 0 Å². The first-order valence-electron chi connectivity index (χ1n) is 39.1. The molecule has 2 rings (SSSR count). The van der Waals surface area contributed by atoms with Gasteiger partial charge in [0.25, 0.3) is 0 Å². The average Bonchev–Trinajstić information content (AvgIpc) is 0.770. The molecule has 0 N–H and O–H groups in total. The fraction of sp³-hybridized carbons (Fsp3) is 0.896. The highest BCUT2D eigenvalue weighted by atomic mass is 16.8. The topological polar surface area (TPSA) is 238 Å². The number of unbranched alkanes of at least 4 members (excludes halogenated alkanes) is 35. The summed E-state index contributed by atoms with van der Waals surface area (Å²) in [5, 5.41) is 0. The molecule has 0 saturated carbocycles. The zero-order valence-electron chi connectivity index (χ0n) is 61.6. The zero-order chi connectivity index (χ0) is 70.2. The van der Waals surface area contributed by atoms with Crippen LogP contribution in [0.1, 0.15) is 370 Å². The third-order valence-corrected chi connectivity index (χ3v) is 18.1. The van der Waals surface area contributed by atoms with E-state index in [1.807, 2.05) is 0 Å². The molecule has 0 aromatic heterocycles. The van der Waals surface area contributed by atoms with Crippen LogP contribution < -0.4 is 0 Å². The molecule has 0 aromatic rings. The van der Waals surface area contributed by atoms with Gasteiger partial charge in [0.2, 0.25) is 12.4 Å². The molecular weight excluding hydrogens is 1230 g/mol. The molecule has 0 amide bonds. The summed E-state index contributed by atoms with van der Waals surface area (Å²) in [4.78, 5) is 113. The third-order valence-electron chi connectivity index (χ3n) is 18.1. The highest BCUT2D eigenvalue weighted by Gasteiger charge is 2.58. The first kappa shape index (κ1) is 87.7. The van der Waals surface area contributed by atoms with Crippen LogP contribution in [0.2, 0.25) is 0 Å². The van der Waals surface area contributed by atoms with Crippen molar-refractivity contribution in [2.24, 2.45) is 0 Å². The Morgan fingerprint density at radius 2 is 0.469 bits per heavy atom. The molecule has 0 radical (unpaired) electrons. The minimum atomic E-state index is -1.85. The summed E-state index contributed by atoms with van der Waals surface area (Å²) < 4.78 is 70.5. The second-order valence-corrected chi connectivity index (χ2v) is 27.1. The normalized spacial score (nSPS) is 20.8. The van der Waals surface area contributed by atoms with E-state index in [4.69, 9.17) is 52.1 Å². The molecule has 0 aromatic carbocycles. The monoisotopic (exact) mass is 1360 g/mol. The van der Waals surface area contributed by atoms with Crippen LogP contribution >= 0.6 is 0 Å². The van der Waals surface area contributed by atoms with Crippen LogP contribution in [-0.2, 0) is 90.5 Å². The van der Waals surface area contributed by atoms with E-state index in [2.05, 4.69) is 48.5 Å². The lowest BCUT2D eigenvalue weighted by Gasteiger charge is -2.48. The van der Waals surface area contributed by atoms with Crippen molar-refractivity contribution in [2.75, 3.05) is 13.2 Å². The average molecular weight is 1370 g/mol. The van der Waals surface area contributed by atoms with Crippen LogP contribution in [0.15, 0.2) is 0 Å². The predicted octanol–water partition coefficient (Wildman–Crippen LogP) is 18.3. The molecule has 2 saturated heterocycles. The van der Waals surface area contributed by atoms with E-state index >= 15 is 0 Å². The van der Waals surface area contributed by atoms with Crippen molar-refractivity contribution >= 4 is 47.8 Å². The van der Waals surface area contributed by atoms with Gasteiger partial charge in [-0.05, 0) is 44.9 Å². The third kappa shape index (κ3) is 41.9. The number of esters is 8. The largest absolute Gasteiger partial charge is 0.463 e. The van der Waals surface area contributed by atoms with Gasteiger partial charge < -0.3 is 52.1 Å². The highest BCUT2D eigenvalue weighted by Crippen LogP contribution is 2.37. The van der Waals surface area contributed by atoms with Gasteiger partial charge in [-0.25, -0.2) is 0 Å². The number of hydrogen-bond donors (Lipinski definition) is 0. The predicted molar refractivity (Wildman–Crippen MR) is 371 cm³/mol. The molecule has 19 heteroatoms. The first-order valence-corrected chi connectivity index (χ1v) is 39.1. The lowest BCUT2D eigenvalue weighted by molar-refractivity contribution is -0.358. The minimum Gasteiger partial charge on any atom is -0.463 e. The number of rotatable bonds is 61. The van der Waals surface area contributed by atoms with Gasteiger partial charge >= 0.3 is 47.8 Å². The van der Waals surface area contributed by atoms with Crippen LogP contribution in [-0.4, -0.2) is 122 Å². The van der Waals surface area contributed by atoms with Gasteiger partial charge in [-0.3, -0.25) is 38.4 Å². The van der Waals surface area contributed by atoms with Gasteiger partial charge in [0.05, 0.1) is 0 Å². The van der Waals surface area contributed by atoms with Crippen molar-refractivity contribution in [3.63, 3.8) is 0 Å². The second kappa shape index (κ2) is 58.4. The van der Waals surface area contributed by atoms with Gasteiger partial charge in [-0.15, -0.1) is 0 Å². The molecule has 10 atom stereocenters. The smallest absolute Gasteiger partial charge is 0.308 e. The molecule has 2 fully saturated rings. The maximum absolute atomic E-state index is 14.5. The van der Waals surface area contributed by atoms with Gasteiger partial charge in [0.15, 0.2) is 30.7 Å². The van der Waals surface area contributed by atoms with E-state index in [0.717, 1.165) is 232 Å². The standard InChI is InChI=1S/C77H136O19/c1-9-16-23-30-37-44-51-63(79)86-58-61-70(91-65(81)53-46-39-32-25-18-11-3)73(92-66(82)54-47-40-33-26-19-12-4)75(94-68(84)56-49-42-35-28-21-14-6)77(90-61)96-71-62(59-87-64(80)52-45-38-31-24-17-10-2)89-76(95-69(85)57-50-43-36-29-22-15-7)74(72(71)88-60(8)78)93-67(83)55-48-41-34-27-20-13-5/h61-62,70-77H,9-59H2,1-8H3/t61-,62-,70-,71-,72+,73+,74-,75-,76+,77+/m1/s1. The summed E-state index contributed by atoms with van der Waals surface area (Å²) in [6.45, 7) is 15.0. The van der Waals surface area contributed by atoms with Crippen molar-refractivity contribution in [3.8, 4) is 0 Å². The number of carbonyl (C=O) groups excluding carboxylic acids is 8. The molecule has 0 unspecified atom stereocenters. The summed E-state index contributed by atoms with van der Waals surface area (Å²) in [7, 11) is 0. The minimum absolute atomic E-state index is 0.000402.